The molecule has 0 saturated carbocycles. The number of nitrogens with zero attached hydrogens (tertiary/aromatic N) is 4. The molecule has 3 aliphatic heterocycles. The highest BCUT2D eigenvalue weighted by Gasteiger charge is 2.42. The Hall–Kier alpha value is -4.30. The Balaban J connectivity index is 0.00000185. The minimum Gasteiger partial charge on any atom is -0.494 e. The Labute approximate surface area is 224 Å². The Kier molecular flexibility index (Phi) is 6.04. The number of carbonyl (C=O) groups excluding carboxylic acids is 1. The fourth-order valence-corrected chi connectivity index (χ4v) is 5.59. The Morgan fingerprint density at radius 1 is 1.08 bits per heavy atom. The molecule has 0 aliphatic carbocycles. The second kappa shape index (κ2) is 9.54. The van der Waals surface area contributed by atoms with Crippen molar-refractivity contribution in [3.8, 4) is 5.88 Å². The summed E-state index contributed by atoms with van der Waals surface area (Å²) in [6, 6.07) is 24.9. The van der Waals surface area contributed by atoms with E-state index in [9.17, 15) is 9.90 Å². The molecule has 0 spiro atoms. The number of piperazine rings is 1. The number of carbonyl (C=O) groups is 1. The van der Waals surface area contributed by atoms with Crippen molar-refractivity contribution in [2.75, 3.05) is 44.1 Å². The summed E-state index contributed by atoms with van der Waals surface area (Å²) < 4.78 is 4.88. The van der Waals surface area contributed by atoms with Gasteiger partial charge in [0.15, 0.2) is 5.88 Å². The molecular weight excluding hydrogens is 478 g/mol. The number of anilines is 2. The SMILES string of the molecule is COC(=O)N(C)c1ccc2[nH]c(O)c(C(=Nc3ccc(N4CC5CC(C4)N5C)cc3)c3ccccc3)c2c1.[HH].[HH]. The summed E-state index contributed by atoms with van der Waals surface area (Å²) in [5.74, 6) is 0.0220. The molecule has 2 unspecified atom stereocenters. The van der Waals surface area contributed by atoms with Crippen molar-refractivity contribution in [3.63, 3.8) is 0 Å². The lowest BCUT2D eigenvalue weighted by atomic mass is 9.88. The molecule has 2 N–H and O–H groups in total. The second-order valence-corrected chi connectivity index (χ2v) is 10.1. The van der Waals surface area contributed by atoms with Crippen LogP contribution in [0.4, 0.5) is 21.9 Å². The number of amides is 1. The van der Waals surface area contributed by atoms with Crippen molar-refractivity contribution in [1.82, 2.24) is 9.88 Å². The first kappa shape index (κ1) is 24.1. The molecule has 8 heteroatoms. The average Bonchev–Trinajstić information content (AvgIpc) is 3.30. The third-order valence-electron chi connectivity index (χ3n) is 7.90. The molecule has 198 valence electrons. The lowest BCUT2D eigenvalue weighted by Crippen LogP contribution is -2.67. The van der Waals surface area contributed by atoms with Crippen molar-refractivity contribution >= 4 is 39.8 Å². The summed E-state index contributed by atoms with van der Waals surface area (Å²) in [5.41, 5.74) is 5.48. The van der Waals surface area contributed by atoms with Gasteiger partial charge >= 0.3 is 6.09 Å². The van der Waals surface area contributed by atoms with Crippen molar-refractivity contribution in [2.24, 2.45) is 4.99 Å². The van der Waals surface area contributed by atoms with E-state index in [-0.39, 0.29) is 8.73 Å². The lowest BCUT2D eigenvalue weighted by Gasteiger charge is -2.55. The van der Waals surface area contributed by atoms with Crippen LogP contribution in [0, 0.1) is 0 Å². The lowest BCUT2D eigenvalue weighted by molar-refractivity contribution is 0.0264. The minimum atomic E-state index is -0.472. The number of aromatic nitrogens is 1. The van der Waals surface area contributed by atoms with Gasteiger partial charge in [-0.25, -0.2) is 9.79 Å². The number of piperidine rings is 1. The monoisotopic (exact) mass is 513 g/mol. The van der Waals surface area contributed by atoms with Gasteiger partial charge in [0.05, 0.1) is 24.1 Å². The highest BCUT2D eigenvalue weighted by atomic mass is 16.5. The van der Waals surface area contributed by atoms with E-state index in [1.807, 2.05) is 54.6 Å². The fourth-order valence-electron chi connectivity index (χ4n) is 5.59. The van der Waals surface area contributed by atoms with Gasteiger partial charge in [0.1, 0.15) is 0 Å². The van der Waals surface area contributed by atoms with Gasteiger partial charge in [-0.1, -0.05) is 30.3 Å². The summed E-state index contributed by atoms with van der Waals surface area (Å²) in [4.78, 5) is 26.6. The van der Waals surface area contributed by atoms with Crippen LogP contribution in [0.3, 0.4) is 0 Å². The summed E-state index contributed by atoms with van der Waals surface area (Å²) in [6.45, 7) is 2.10. The van der Waals surface area contributed by atoms with Gasteiger partial charge in [-0.05, 0) is 55.9 Å². The molecule has 0 radical (unpaired) electrons. The fraction of sp³-hybridized carbons (Fsp3) is 0.267. The smallest absolute Gasteiger partial charge is 0.413 e. The molecule has 1 amide bonds. The van der Waals surface area contributed by atoms with Gasteiger partial charge in [-0.2, -0.15) is 0 Å². The van der Waals surface area contributed by atoms with E-state index in [1.165, 1.54) is 24.1 Å². The molecular formula is C30H35N5O3. The number of hydrogen-bond acceptors (Lipinski definition) is 6. The molecule has 3 saturated heterocycles. The number of fused-ring (bicyclic) bond motifs is 3. The van der Waals surface area contributed by atoms with Crippen molar-refractivity contribution in [2.45, 2.75) is 18.5 Å². The zero-order valence-corrected chi connectivity index (χ0v) is 21.8. The molecule has 4 heterocycles. The molecule has 2 bridgehead atoms. The summed E-state index contributed by atoms with van der Waals surface area (Å²) in [7, 11) is 5.22. The molecule has 8 nitrogen and oxygen atoms in total. The van der Waals surface area contributed by atoms with Gasteiger partial charge in [-0.3, -0.25) is 9.80 Å². The number of methoxy groups -OCH3 is 1. The second-order valence-electron chi connectivity index (χ2n) is 10.1. The van der Waals surface area contributed by atoms with Crippen molar-refractivity contribution < 1.29 is 17.5 Å². The van der Waals surface area contributed by atoms with Crippen LogP contribution in [-0.2, 0) is 4.74 Å². The Morgan fingerprint density at radius 3 is 2.45 bits per heavy atom. The molecule has 3 aromatic carbocycles. The first-order valence-electron chi connectivity index (χ1n) is 12.8. The number of aromatic hydroxyl groups is 1. The molecule has 3 aliphatic rings. The van der Waals surface area contributed by atoms with Crippen molar-refractivity contribution in [3.05, 3.63) is 83.9 Å². The molecule has 7 rings (SSSR count). The van der Waals surface area contributed by atoms with Crippen LogP contribution in [-0.4, -0.2) is 73.2 Å². The van der Waals surface area contributed by atoms with Crippen LogP contribution < -0.4 is 9.80 Å². The third-order valence-corrected chi connectivity index (χ3v) is 7.90. The predicted octanol–water partition coefficient (Wildman–Crippen LogP) is 5.63. The summed E-state index contributed by atoms with van der Waals surface area (Å²) >= 11 is 0. The maximum Gasteiger partial charge on any atom is 0.413 e. The topological polar surface area (TPSA) is 84.4 Å². The van der Waals surface area contributed by atoms with Crippen molar-refractivity contribution in [1.29, 1.82) is 0 Å². The van der Waals surface area contributed by atoms with E-state index in [2.05, 4.69) is 34.0 Å². The van der Waals surface area contributed by atoms with E-state index in [0.717, 1.165) is 35.2 Å². The van der Waals surface area contributed by atoms with Crippen LogP contribution >= 0.6 is 0 Å². The molecule has 38 heavy (non-hydrogen) atoms. The highest BCUT2D eigenvalue weighted by Crippen LogP contribution is 2.36. The Bertz CT molecular complexity index is 1510. The molecule has 1 aromatic heterocycles. The number of aromatic amines is 1. The molecule has 2 atom stereocenters. The maximum atomic E-state index is 12.1. The van der Waals surface area contributed by atoms with Gasteiger partial charge in [0.25, 0.3) is 0 Å². The predicted molar refractivity (Wildman–Crippen MR) is 155 cm³/mol. The minimum absolute atomic E-state index is 0. The zero-order chi connectivity index (χ0) is 26.4. The molecule has 4 aromatic rings. The number of aliphatic imine (C=N–C) groups is 1. The van der Waals surface area contributed by atoms with Gasteiger partial charge < -0.3 is 19.7 Å². The van der Waals surface area contributed by atoms with E-state index < -0.39 is 6.09 Å². The summed E-state index contributed by atoms with van der Waals surface area (Å²) in [5, 5.41) is 11.8. The van der Waals surface area contributed by atoms with Crippen LogP contribution in [0.25, 0.3) is 10.9 Å². The van der Waals surface area contributed by atoms with Gasteiger partial charge in [0, 0.05) is 62.9 Å². The Morgan fingerprint density at radius 2 is 1.79 bits per heavy atom. The maximum absolute atomic E-state index is 12.1. The number of rotatable bonds is 5. The number of nitrogens with one attached hydrogen (secondary N) is 1. The van der Waals surface area contributed by atoms with E-state index in [4.69, 9.17) is 9.73 Å². The van der Waals surface area contributed by atoms with Gasteiger partial charge in [0.2, 0.25) is 0 Å². The highest BCUT2D eigenvalue weighted by molar-refractivity contribution is 6.22. The quantitative estimate of drug-likeness (QED) is 0.338. The van der Waals surface area contributed by atoms with Crippen LogP contribution in [0.5, 0.6) is 5.88 Å². The standard InChI is InChI=1S/C30H31N5O3.2H2/c1-33-23-15-24(33)18-35(17-23)21-11-9-20(10-12-21)31-28(19-7-5-4-6-8-19)27-25-16-22(34(2)30(37)38-3)13-14-26(25)32-29(27)36;;/h4-14,16,23-24,32,36H,15,17-18H2,1-3H3;2*1H. The number of ether oxygens (including phenoxy) is 1. The molecule has 3 fully saturated rings. The number of H-pyrrole nitrogens is 1. The largest absolute Gasteiger partial charge is 0.494 e. The third kappa shape index (κ3) is 4.16. The number of likely N-dealkylation sites (N-methyl/N-ethyl adjacent to an activating group) is 1. The normalized spacial score (nSPS) is 19.3. The number of hydrogen-bond donors (Lipinski definition) is 2. The van der Waals surface area contributed by atoms with E-state index >= 15 is 0 Å². The first-order valence-corrected chi connectivity index (χ1v) is 12.8. The van der Waals surface area contributed by atoms with Gasteiger partial charge in [-0.15, -0.1) is 0 Å². The average molecular weight is 514 g/mol. The first-order chi connectivity index (χ1) is 18.4. The van der Waals surface area contributed by atoms with Crippen LogP contribution in [0.2, 0.25) is 0 Å². The van der Waals surface area contributed by atoms with E-state index in [1.54, 1.807) is 13.1 Å². The zero-order valence-electron chi connectivity index (χ0n) is 21.8. The van der Waals surface area contributed by atoms with E-state index in [0.29, 0.717) is 29.0 Å². The van der Waals surface area contributed by atoms with Crippen LogP contribution in [0.1, 0.15) is 20.4 Å². The number of benzene rings is 3. The van der Waals surface area contributed by atoms with Crippen LogP contribution in [0.15, 0.2) is 77.8 Å². The summed E-state index contributed by atoms with van der Waals surface area (Å²) in [6.07, 6.45) is 0.821.